The number of halogens is 1. The summed E-state index contributed by atoms with van der Waals surface area (Å²) in [7, 11) is 0. The van der Waals surface area contributed by atoms with Crippen LogP contribution in [0.15, 0.2) is 77.7 Å². The maximum absolute atomic E-state index is 13.1. The summed E-state index contributed by atoms with van der Waals surface area (Å²) in [5.41, 5.74) is 1.60. The molecule has 1 unspecified atom stereocenters. The lowest BCUT2D eigenvalue weighted by Gasteiger charge is -2.17. The Morgan fingerprint density at radius 3 is 2.44 bits per heavy atom. The number of carbonyl (C=O) groups excluding carboxylic acids is 2. The number of hydrogen-bond acceptors (Lipinski definition) is 4. The van der Waals surface area contributed by atoms with E-state index in [0.717, 1.165) is 4.90 Å². The Kier molecular flexibility index (Phi) is 8.27. The molecule has 1 atom stereocenters. The molecule has 3 aromatic carbocycles. The third-order valence-electron chi connectivity index (χ3n) is 4.58. The highest BCUT2D eigenvalue weighted by Crippen LogP contribution is 2.30. The molecule has 166 valence electrons. The molecule has 7 heteroatoms. The van der Waals surface area contributed by atoms with Crippen LogP contribution in [-0.4, -0.2) is 23.7 Å². The SMILES string of the molecule is CCOc1ccccc1NC(=O)C(CC)Sc1cccc(NC(=O)c2ccc(F)cc2)c1. The van der Waals surface area contributed by atoms with Crippen LogP contribution in [0.4, 0.5) is 15.8 Å². The quantitative estimate of drug-likeness (QED) is 0.392. The number of anilines is 2. The van der Waals surface area contributed by atoms with Gasteiger partial charge < -0.3 is 15.4 Å². The van der Waals surface area contributed by atoms with Crippen LogP contribution >= 0.6 is 11.8 Å². The van der Waals surface area contributed by atoms with E-state index in [4.69, 9.17) is 4.74 Å². The normalized spacial score (nSPS) is 11.5. The second-order valence-electron chi connectivity index (χ2n) is 6.92. The van der Waals surface area contributed by atoms with E-state index in [1.54, 1.807) is 6.07 Å². The Balaban J connectivity index is 1.67. The van der Waals surface area contributed by atoms with Gasteiger partial charge in [0, 0.05) is 16.1 Å². The summed E-state index contributed by atoms with van der Waals surface area (Å²) < 4.78 is 18.7. The van der Waals surface area contributed by atoms with Crippen LogP contribution in [0.3, 0.4) is 0 Å². The smallest absolute Gasteiger partial charge is 0.255 e. The molecule has 0 heterocycles. The number of carbonyl (C=O) groups is 2. The van der Waals surface area contributed by atoms with E-state index in [-0.39, 0.29) is 17.1 Å². The molecule has 0 saturated carbocycles. The van der Waals surface area contributed by atoms with Crippen LogP contribution in [0.25, 0.3) is 0 Å². The Morgan fingerprint density at radius 2 is 1.72 bits per heavy atom. The number of amides is 2. The second kappa shape index (κ2) is 11.3. The lowest BCUT2D eigenvalue weighted by atomic mass is 10.2. The monoisotopic (exact) mass is 452 g/mol. The number of rotatable bonds is 9. The molecule has 2 N–H and O–H groups in total. The first kappa shape index (κ1) is 23.3. The summed E-state index contributed by atoms with van der Waals surface area (Å²) in [5.74, 6) is -0.212. The van der Waals surface area contributed by atoms with Gasteiger partial charge in [0.1, 0.15) is 11.6 Å². The first-order valence-electron chi connectivity index (χ1n) is 10.4. The molecule has 0 fully saturated rings. The Morgan fingerprint density at radius 1 is 0.969 bits per heavy atom. The zero-order valence-electron chi connectivity index (χ0n) is 17.9. The van der Waals surface area contributed by atoms with Crippen molar-refractivity contribution in [2.75, 3.05) is 17.2 Å². The first-order valence-corrected chi connectivity index (χ1v) is 11.2. The third-order valence-corrected chi connectivity index (χ3v) is 5.94. The predicted molar refractivity (Wildman–Crippen MR) is 127 cm³/mol. The lowest BCUT2D eigenvalue weighted by Crippen LogP contribution is -2.24. The number of thioether (sulfide) groups is 1. The first-order chi connectivity index (χ1) is 15.5. The predicted octanol–water partition coefficient (Wildman–Crippen LogP) is 5.99. The Hall–Kier alpha value is -3.32. The van der Waals surface area contributed by atoms with Crippen molar-refractivity contribution in [3.05, 3.63) is 84.2 Å². The highest BCUT2D eigenvalue weighted by Gasteiger charge is 2.19. The van der Waals surface area contributed by atoms with E-state index >= 15 is 0 Å². The minimum atomic E-state index is -0.396. The fraction of sp³-hybridized carbons (Fsp3) is 0.200. The fourth-order valence-corrected chi connectivity index (χ4v) is 4.02. The number of para-hydroxylation sites is 2. The van der Waals surface area contributed by atoms with Crippen molar-refractivity contribution in [3.8, 4) is 5.75 Å². The molecule has 3 aromatic rings. The molecule has 0 bridgehead atoms. The Bertz CT molecular complexity index is 1070. The van der Waals surface area contributed by atoms with Gasteiger partial charge in [-0.15, -0.1) is 11.8 Å². The van der Waals surface area contributed by atoms with Crippen LogP contribution in [-0.2, 0) is 4.79 Å². The van der Waals surface area contributed by atoms with Gasteiger partial charge in [0.2, 0.25) is 5.91 Å². The summed E-state index contributed by atoms with van der Waals surface area (Å²) in [6.07, 6.45) is 0.624. The number of benzene rings is 3. The minimum absolute atomic E-state index is 0.120. The molecular formula is C25H25FN2O3S. The van der Waals surface area contributed by atoms with Crippen molar-refractivity contribution in [1.29, 1.82) is 0 Å². The van der Waals surface area contributed by atoms with E-state index in [2.05, 4.69) is 10.6 Å². The van der Waals surface area contributed by atoms with Crippen LogP contribution in [0.1, 0.15) is 30.6 Å². The summed E-state index contributed by atoms with van der Waals surface area (Å²) in [6.45, 7) is 4.35. The summed E-state index contributed by atoms with van der Waals surface area (Å²) >= 11 is 1.42. The molecule has 0 spiro atoms. The number of hydrogen-bond donors (Lipinski definition) is 2. The summed E-state index contributed by atoms with van der Waals surface area (Å²) in [5, 5.41) is 5.44. The van der Waals surface area contributed by atoms with Gasteiger partial charge in [-0.1, -0.05) is 25.1 Å². The molecular weight excluding hydrogens is 427 g/mol. The second-order valence-corrected chi connectivity index (χ2v) is 8.20. The summed E-state index contributed by atoms with van der Waals surface area (Å²) in [6, 6.07) is 20.0. The zero-order chi connectivity index (χ0) is 22.9. The molecule has 0 aliphatic carbocycles. The molecule has 0 aromatic heterocycles. The zero-order valence-corrected chi connectivity index (χ0v) is 18.7. The maximum Gasteiger partial charge on any atom is 0.255 e. The molecule has 5 nitrogen and oxygen atoms in total. The van der Waals surface area contributed by atoms with Gasteiger partial charge in [-0.05, 0) is 67.9 Å². The lowest BCUT2D eigenvalue weighted by molar-refractivity contribution is -0.115. The van der Waals surface area contributed by atoms with E-state index in [1.807, 2.05) is 56.3 Å². The van der Waals surface area contributed by atoms with Crippen LogP contribution in [0, 0.1) is 5.82 Å². The average molecular weight is 453 g/mol. The molecule has 0 aliphatic heterocycles. The fourth-order valence-electron chi connectivity index (χ4n) is 3.00. The van der Waals surface area contributed by atoms with Crippen molar-refractivity contribution in [3.63, 3.8) is 0 Å². The molecule has 2 amide bonds. The average Bonchev–Trinajstić information content (AvgIpc) is 2.79. The topological polar surface area (TPSA) is 67.4 Å². The number of nitrogens with one attached hydrogen (secondary N) is 2. The van der Waals surface area contributed by atoms with Crippen molar-refractivity contribution in [2.45, 2.75) is 30.4 Å². The Labute approximate surface area is 191 Å². The molecule has 0 radical (unpaired) electrons. The van der Waals surface area contributed by atoms with Gasteiger partial charge in [0.15, 0.2) is 0 Å². The molecule has 32 heavy (non-hydrogen) atoms. The number of ether oxygens (including phenoxy) is 1. The van der Waals surface area contributed by atoms with Gasteiger partial charge in [-0.25, -0.2) is 4.39 Å². The van der Waals surface area contributed by atoms with E-state index in [1.165, 1.54) is 36.0 Å². The molecule has 0 aliphatic rings. The summed E-state index contributed by atoms with van der Waals surface area (Å²) in [4.78, 5) is 26.1. The van der Waals surface area contributed by atoms with E-state index in [9.17, 15) is 14.0 Å². The van der Waals surface area contributed by atoms with Crippen LogP contribution in [0.2, 0.25) is 0 Å². The maximum atomic E-state index is 13.1. The highest BCUT2D eigenvalue weighted by molar-refractivity contribution is 8.00. The van der Waals surface area contributed by atoms with Crippen molar-refractivity contribution in [1.82, 2.24) is 0 Å². The van der Waals surface area contributed by atoms with Gasteiger partial charge in [-0.2, -0.15) is 0 Å². The molecule has 3 rings (SSSR count). The largest absolute Gasteiger partial charge is 0.492 e. The van der Waals surface area contributed by atoms with Crippen molar-refractivity contribution < 1.29 is 18.7 Å². The van der Waals surface area contributed by atoms with Crippen LogP contribution in [0.5, 0.6) is 5.75 Å². The van der Waals surface area contributed by atoms with Gasteiger partial charge in [-0.3, -0.25) is 9.59 Å². The minimum Gasteiger partial charge on any atom is -0.492 e. The van der Waals surface area contributed by atoms with E-state index < -0.39 is 5.82 Å². The van der Waals surface area contributed by atoms with Gasteiger partial charge >= 0.3 is 0 Å². The third kappa shape index (κ3) is 6.34. The highest BCUT2D eigenvalue weighted by atomic mass is 32.2. The van der Waals surface area contributed by atoms with Crippen molar-refractivity contribution in [2.24, 2.45) is 0 Å². The van der Waals surface area contributed by atoms with Crippen LogP contribution < -0.4 is 15.4 Å². The van der Waals surface area contributed by atoms with E-state index in [0.29, 0.717) is 35.7 Å². The van der Waals surface area contributed by atoms with Gasteiger partial charge in [0.25, 0.3) is 5.91 Å². The standard InChI is InChI=1S/C25H25FN2O3S/c1-3-23(25(30)28-21-10-5-6-11-22(21)31-4-2)32-20-9-7-8-19(16-20)27-24(29)17-12-14-18(26)15-13-17/h5-16,23H,3-4H2,1-2H3,(H,27,29)(H,28,30). The van der Waals surface area contributed by atoms with Gasteiger partial charge in [0.05, 0.1) is 17.5 Å². The molecule has 0 saturated heterocycles. The van der Waals surface area contributed by atoms with Crippen molar-refractivity contribution >= 4 is 35.0 Å².